The van der Waals surface area contributed by atoms with Crippen LogP contribution >= 0.6 is 15.9 Å². The summed E-state index contributed by atoms with van der Waals surface area (Å²) in [6, 6.07) is 9.63. The molecule has 114 valence electrons. The zero-order valence-electron chi connectivity index (χ0n) is 13.3. The zero-order valence-corrected chi connectivity index (χ0v) is 14.9. The molecule has 1 aromatic rings. The molecule has 0 saturated heterocycles. The van der Waals surface area contributed by atoms with Gasteiger partial charge in [0.15, 0.2) is 0 Å². The maximum Gasteiger partial charge on any atom is 0.0343 e. The summed E-state index contributed by atoms with van der Waals surface area (Å²) in [5.41, 5.74) is 1.37. The van der Waals surface area contributed by atoms with E-state index in [4.69, 9.17) is 0 Å². The van der Waals surface area contributed by atoms with Gasteiger partial charge in [0.25, 0.3) is 0 Å². The van der Waals surface area contributed by atoms with Crippen molar-refractivity contribution in [3.63, 3.8) is 0 Å². The van der Waals surface area contributed by atoms with E-state index in [0.717, 1.165) is 19.5 Å². The van der Waals surface area contributed by atoms with E-state index < -0.39 is 0 Å². The molecule has 3 heteroatoms. The van der Waals surface area contributed by atoms with Crippen molar-refractivity contribution < 1.29 is 0 Å². The largest absolute Gasteiger partial charge is 0.310 e. The van der Waals surface area contributed by atoms with Crippen LogP contribution in [0.1, 0.15) is 51.6 Å². The molecule has 0 radical (unpaired) electrons. The number of rotatable bonds is 9. The lowest BCUT2D eigenvalue weighted by atomic mass is 10.0. The van der Waals surface area contributed by atoms with Crippen molar-refractivity contribution in [3.8, 4) is 0 Å². The predicted octanol–water partition coefficient (Wildman–Crippen LogP) is 4.61. The molecule has 0 amide bonds. The molecule has 20 heavy (non-hydrogen) atoms. The van der Waals surface area contributed by atoms with Gasteiger partial charge in [0.2, 0.25) is 0 Å². The van der Waals surface area contributed by atoms with E-state index in [1.165, 1.54) is 22.9 Å². The topological polar surface area (TPSA) is 15.3 Å². The summed E-state index contributed by atoms with van der Waals surface area (Å²) in [6.07, 6.45) is 3.67. The maximum absolute atomic E-state index is 3.67. The molecule has 2 unspecified atom stereocenters. The Labute approximate surface area is 133 Å². The number of hydrogen-bond donors (Lipinski definition) is 1. The molecule has 0 aliphatic rings. The highest BCUT2D eigenvalue weighted by atomic mass is 79.9. The van der Waals surface area contributed by atoms with E-state index in [0.29, 0.717) is 12.1 Å². The number of nitrogens with zero attached hydrogens (tertiary/aromatic N) is 1. The summed E-state index contributed by atoms with van der Waals surface area (Å²) in [4.78, 5) is 2.48. The predicted molar refractivity (Wildman–Crippen MR) is 92.2 cm³/mol. The van der Waals surface area contributed by atoms with Gasteiger partial charge in [0.1, 0.15) is 0 Å². The summed E-state index contributed by atoms with van der Waals surface area (Å²) < 4.78 is 1.20. The van der Waals surface area contributed by atoms with E-state index in [-0.39, 0.29) is 0 Å². The van der Waals surface area contributed by atoms with Gasteiger partial charge in [-0.15, -0.1) is 0 Å². The van der Waals surface area contributed by atoms with Crippen LogP contribution in [0.5, 0.6) is 0 Å². The average molecular weight is 341 g/mol. The van der Waals surface area contributed by atoms with Crippen LogP contribution in [0.25, 0.3) is 0 Å². The molecule has 0 bridgehead atoms. The summed E-state index contributed by atoms with van der Waals surface area (Å²) in [5.74, 6) is 0. The Kier molecular flexibility index (Phi) is 8.43. The smallest absolute Gasteiger partial charge is 0.0343 e. The Bertz CT molecular complexity index is 381. The van der Waals surface area contributed by atoms with Gasteiger partial charge >= 0.3 is 0 Å². The fraction of sp³-hybridized carbons (Fsp3) is 0.647. The molecular formula is C17H29BrN2. The highest BCUT2D eigenvalue weighted by Crippen LogP contribution is 2.25. The third-order valence-corrected chi connectivity index (χ3v) is 4.68. The van der Waals surface area contributed by atoms with Gasteiger partial charge in [-0.05, 0) is 51.5 Å². The minimum Gasteiger partial charge on any atom is -0.310 e. The third-order valence-electron chi connectivity index (χ3n) is 3.96. The molecule has 0 aliphatic carbocycles. The first-order chi connectivity index (χ1) is 9.60. The summed E-state index contributed by atoms with van der Waals surface area (Å²) in [5, 5.41) is 3.61. The molecule has 1 N–H and O–H groups in total. The normalized spacial score (nSPS) is 14.5. The SMILES string of the molecule is CCCC(C)N(C)CCC(NCC)c1ccccc1Br. The van der Waals surface area contributed by atoms with Crippen LogP contribution in [-0.2, 0) is 0 Å². The van der Waals surface area contributed by atoms with Crippen LogP contribution in [0.3, 0.4) is 0 Å². The van der Waals surface area contributed by atoms with Crippen LogP contribution in [0.15, 0.2) is 28.7 Å². The minimum atomic E-state index is 0.423. The number of nitrogens with one attached hydrogen (secondary N) is 1. The zero-order chi connectivity index (χ0) is 15.0. The Morgan fingerprint density at radius 1 is 1.20 bits per heavy atom. The van der Waals surface area contributed by atoms with Crippen LogP contribution in [0, 0.1) is 0 Å². The van der Waals surface area contributed by atoms with E-state index in [2.05, 4.69) is 78.2 Å². The highest BCUT2D eigenvalue weighted by molar-refractivity contribution is 9.10. The molecule has 0 saturated carbocycles. The summed E-state index contributed by atoms with van der Waals surface area (Å²) in [6.45, 7) is 8.88. The first-order valence-electron chi connectivity index (χ1n) is 7.78. The van der Waals surface area contributed by atoms with Gasteiger partial charge in [0.05, 0.1) is 0 Å². The van der Waals surface area contributed by atoms with Gasteiger partial charge < -0.3 is 10.2 Å². The van der Waals surface area contributed by atoms with Gasteiger partial charge in [-0.1, -0.05) is 54.4 Å². The van der Waals surface area contributed by atoms with Gasteiger partial charge in [0, 0.05) is 16.6 Å². The monoisotopic (exact) mass is 340 g/mol. The van der Waals surface area contributed by atoms with Crippen molar-refractivity contribution in [2.45, 2.75) is 52.1 Å². The fourth-order valence-electron chi connectivity index (χ4n) is 2.56. The second-order valence-electron chi connectivity index (χ2n) is 5.54. The summed E-state index contributed by atoms with van der Waals surface area (Å²) >= 11 is 3.67. The van der Waals surface area contributed by atoms with E-state index in [9.17, 15) is 0 Å². The molecule has 1 aromatic carbocycles. The molecule has 0 fully saturated rings. The van der Waals surface area contributed by atoms with Crippen LogP contribution in [-0.4, -0.2) is 31.1 Å². The van der Waals surface area contributed by atoms with Crippen molar-refractivity contribution in [1.82, 2.24) is 10.2 Å². The maximum atomic E-state index is 3.67. The quantitative estimate of drug-likeness (QED) is 0.706. The Balaban J connectivity index is 2.62. The van der Waals surface area contributed by atoms with Crippen molar-refractivity contribution in [2.75, 3.05) is 20.1 Å². The van der Waals surface area contributed by atoms with Crippen molar-refractivity contribution >= 4 is 15.9 Å². The van der Waals surface area contributed by atoms with Crippen molar-refractivity contribution in [2.24, 2.45) is 0 Å². The molecule has 2 atom stereocenters. The highest BCUT2D eigenvalue weighted by Gasteiger charge is 2.15. The van der Waals surface area contributed by atoms with Gasteiger partial charge in [-0.3, -0.25) is 0 Å². The number of halogens is 1. The molecule has 1 rings (SSSR count). The molecule has 2 nitrogen and oxygen atoms in total. The van der Waals surface area contributed by atoms with Crippen LogP contribution < -0.4 is 5.32 Å². The van der Waals surface area contributed by atoms with E-state index in [1.807, 2.05) is 0 Å². The van der Waals surface area contributed by atoms with Gasteiger partial charge in [-0.2, -0.15) is 0 Å². The Morgan fingerprint density at radius 3 is 2.50 bits per heavy atom. The number of hydrogen-bond acceptors (Lipinski definition) is 2. The second kappa shape index (κ2) is 9.54. The van der Waals surface area contributed by atoms with Crippen molar-refractivity contribution in [1.29, 1.82) is 0 Å². The standard InChI is InChI=1S/C17H29BrN2/c1-5-9-14(3)20(4)13-12-17(19-6-2)15-10-7-8-11-16(15)18/h7-8,10-11,14,17,19H,5-6,9,12-13H2,1-4H3. The average Bonchev–Trinajstić information content (AvgIpc) is 2.44. The van der Waals surface area contributed by atoms with Gasteiger partial charge in [-0.25, -0.2) is 0 Å². The molecule has 0 heterocycles. The van der Waals surface area contributed by atoms with E-state index in [1.54, 1.807) is 0 Å². The minimum absolute atomic E-state index is 0.423. The third kappa shape index (κ3) is 5.55. The van der Waals surface area contributed by atoms with Crippen LogP contribution in [0.4, 0.5) is 0 Å². The second-order valence-corrected chi connectivity index (χ2v) is 6.39. The van der Waals surface area contributed by atoms with Crippen LogP contribution in [0.2, 0.25) is 0 Å². The lowest BCUT2D eigenvalue weighted by Gasteiger charge is -2.27. The molecule has 0 spiro atoms. The first-order valence-corrected chi connectivity index (χ1v) is 8.57. The molecule has 0 aliphatic heterocycles. The summed E-state index contributed by atoms with van der Waals surface area (Å²) in [7, 11) is 2.24. The lowest BCUT2D eigenvalue weighted by Crippen LogP contribution is -2.33. The van der Waals surface area contributed by atoms with Crippen molar-refractivity contribution in [3.05, 3.63) is 34.3 Å². The van der Waals surface area contributed by atoms with E-state index >= 15 is 0 Å². The lowest BCUT2D eigenvalue weighted by molar-refractivity contribution is 0.231. The Morgan fingerprint density at radius 2 is 1.90 bits per heavy atom. The molecular weight excluding hydrogens is 312 g/mol. The fourth-order valence-corrected chi connectivity index (χ4v) is 3.12. The first kappa shape index (κ1) is 17.7. The Hall–Kier alpha value is -0.380. The number of benzene rings is 1. The molecule has 0 aromatic heterocycles.